The molecule has 0 amide bonds. The summed E-state index contributed by atoms with van der Waals surface area (Å²) in [4.78, 5) is 0. The summed E-state index contributed by atoms with van der Waals surface area (Å²) in [5, 5.41) is 15.5. The Morgan fingerprint density at radius 3 is 2.68 bits per heavy atom. The average molecular weight is 285 g/mol. The van der Waals surface area contributed by atoms with Gasteiger partial charge in [0.1, 0.15) is 0 Å². The molecule has 4 heteroatoms. The molecular weight excluding hydrogens is 260 g/mol. The summed E-state index contributed by atoms with van der Waals surface area (Å²) >= 11 is 6.21. The second-order valence-corrected chi connectivity index (χ2v) is 6.95. The predicted octanol–water partition coefficient (Wildman–Crippen LogP) is 4.20. The molecule has 1 N–H and O–H groups in total. The second-order valence-electron chi connectivity index (χ2n) is 6.55. The van der Waals surface area contributed by atoms with Crippen molar-refractivity contribution in [2.75, 3.05) is 0 Å². The van der Waals surface area contributed by atoms with Gasteiger partial charge in [0, 0.05) is 6.54 Å². The van der Waals surface area contributed by atoms with Gasteiger partial charge >= 0.3 is 0 Å². The third-order valence-corrected chi connectivity index (χ3v) is 4.67. The van der Waals surface area contributed by atoms with Gasteiger partial charge in [-0.05, 0) is 43.4 Å². The van der Waals surface area contributed by atoms with Crippen LogP contribution in [0.3, 0.4) is 0 Å². The molecule has 1 aliphatic rings. The lowest BCUT2D eigenvalue weighted by Gasteiger charge is -2.36. The van der Waals surface area contributed by atoms with Crippen LogP contribution in [0.1, 0.15) is 64.7 Å². The highest BCUT2D eigenvalue weighted by molar-refractivity contribution is 6.31. The van der Waals surface area contributed by atoms with Crippen LogP contribution in [0.4, 0.5) is 0 Å². The normalized spacial score (nSPS) is 21.5. The Balaban J connectivity index is 2.11. The van der Waals surface area contributed by atoms with Gasteiger partial charge in [0.25, 0.3) is 0 Å². The molecule has 19 heavy (non-hydrogen) atoms. The Labute approximate surface area is 121 Å². The van der Waals surface area contributed by atoms with Gasteiger partial charge in [0.2, 0.25) is 0 Å². The Morgan fingerprint density at radius 1 is 1.47 bits per heavy atom. The number of aliphatic hydroxyl groups is 1. The van der Waals surface area contributed by atoms with Gasteiger partial charge in [-0.25, -0.2) is 0 Å². The highest BCUT2D eigenvalue weighted by atomic mass is 35.5. The van der Waals surface area contributed by atoms with Crippen molar-refractivity contribution in [3.8, 4) is 0 Å². The van der Waals surface area contributed by atoms with Crippen LogP contribution < -0.4 is 0 Å². The van der Waals surface area contributed by atoms with E-state index < -0.39 is 6.10 Å². The van der Waals surface area contributed by atoms with Crippen molar-refractivity contribution in [2.45, 2.75) is 65.5 Å². The fourth-order valence-electron chi connectivity index (χ4n) is 3.02. The topological polar surface area (TPSA) is 38.0 Å². The number of aryl methyl sites for hydroxylation is 1. The van der Waals surface area contributed by atoms with Crippen molar-refractivity contribution in [1.82, 2.24) is 9.78 Å². The van der Waals surface area contributed by atoms with Crippen LogP contribution in [0.15, 0.2) is 6.20 Å². The highest BCUT2D eigenvalue weighted by Gasteiger charge is 2.33. The molecule has 1 saturated carbocycles. The van der Waals surface area contributed by atoms with Crippen LogP contribution in [0, 0.1) is 11.3 Å². The van der Waals surface area contributed by atoms with Crippen molar-refractivity contribution < 1.29 is 5.11 Å². The maximum atomic E-state index is 10.6. The van der Waals surface area contributed by atoms with Crippen LogP contribution in [-0.2, 0) is 6.54 Å². The lowest BCUT2D eigenvalue weighted by Crippen LogP contribution is -2.26. The Kier molecular flexibility index (Phi) is 4.57. The first-order valence-electron chi connectivity index (χ1n) is 7.34. The zero-order valence-electron chi connectivity index (χ0n) is 12.2. The fourth-order valence-corrected chi connectivity index (χ4v) is 3.27. The van der Waals surface area contributed by atoms with E-state index in [9.17, 15) is 5.11 Å². The molecule has 1 heterocycles. The van der Waals surface area contributed by atoms with E-state index in [2.05, 4.69) is 25.9 Å². The lowest BCUT2D eigenvalue weighted by atomic mass is 9.71. The number of rotatable bonds is 4. The van der Waals surface area contributed by atoms with Crippen LogP contribution in [0.25, 0.3) is 0 Å². The van der Waals surface area contributed by atoms with E-state index in [0.29, 0.717) is 16.4 Å². The van der Waals surface area contributed by atoms with Gasteiger partial charge in [-0.3, -0.25) is 4.68 Å². The fraction of sp³-hybridized carbons (Fsp3) is 0.800. The largest absolute Gasteiger partial charge is 0.386 e. The first-order chi connectivity index (χ1) is 8.94. The lowest BCUT2D eigenvalue weighted by molar-refractivity contribution is 0.0505. The molecule has 0 aliphatic heterocycles. The molecular formula is C15H25ClN2O. The molecule has 0 radical (unpaired) electrons. The van der Waals surface area contributed by atoms with Gasteiger partial charge in [0.05, 0.1) is 23.0 Å². The number of aliphatic hydroxyl groups excluding tert-OH is 1. The molecule has 1 fully saturated rings. The minimum atomic E-state index is -0.474. The van der Waals surface area contributed by atoms with Crippen LogP contribution >= 0.6 is 11.6 Å². The molecule has 0 saturated heterocycles. The summed E-state index contributed by atoms with van der Waals surface area (Å²) in [6, 6.07) is 0. The van der Waals surface area contributed by atoms with Crippen molar-refractivity contribution in [2.24, 2.45) is 11.3 Å². The van der Waals surface area contributed by atoms with Crippen molar-refractivity contribution in [3.05, 3.63) is 16.9 Å². The van der Waals surface area contributed by atoms with E-state index in [1.807, 2.05) is 4.68 Å². The Morgan fingerprint density at radius 2 is 2.11 bits per heavy atom. The van der Waals surface area contributed by atoms with E-state index in [1.54, 1.807) is 6.20 Å². The van der Waals surface area contributed by atoms with Crippen LogP contribution in [0.5, 0.6) is 0 Å². The molecule has 0 spiro atoms. The van der Waals surface area contributed by atoms with Gasteiger partial charge in [0.15, 0.2) is 0 Å². The van der Waals surface area contributed by atoms with E-state index >= 15 is 0 Å². The molecule has 108 valence electrons. The highest BCUT2D eigenvalue weighted by Crippen LogP contribution is 2.43. The number of halogens is 1. The molecule has 0 bridgehead atoms. The number of nitrogens with zero attached hydrogens (tertiary/aromatic N) is 2. The van der Waals surface area contributed by atoms with Crippen LogP contribution in [0.2, 0.25) is 5.02 Å². The second kappa shape index (κ2) is 5.84. The zero-order chi connectivity index (χ0) is 14.0. The summed E-state index contributed by atoms with van der Waals surface area (Å²) in [5.41, 5.74) is 1.23. The SMILES string of the molecule is CCCn1ncc(Cl)c1C(O)C1CCC(C)(C)CC1. The quantitative estimate of drug-likeness (QED) is 0.900. The molecule has 1 aromatic rings. The van der Waals surface area contributed by atoms with E-state index in [4.69, 9.17) is 11.6 Å². The molecule has 1 aromatic heterocycles. The maximum Gasteiger partial charge on any atom is 0.0999 e. The maximum absolute atomic E-state index is 10.6. The third kappa shape index (κ3) is 3.32. The molecule has 3 nitrogen and oxygen atoms in total. The van der Waals surface area contributed by atoms with Gasteiger partial charge in [-0.15, -0.1) is 0 Å². The summed E-state index contributed by atoms with van der Waals surface area (Å²) in [6.07, 6.45) is 6.67. The Bertz CT molecular complexity index is 418. The number of hydrogen-bond acceptors (Lipinski definition) is 2. The van der Waals surface area contributed by atoms with Crippen LogP contribution in [-0.4, -0.2) is 14.9 Å². The Hall–Kier alpha value is -0.540. The summed E-state index contributed by atoms with van der Waals surface area (Å²) in [7, 11) is 0. The van der Waals surface area contributed by atoms with Crippen molar-refractivity contribution in [3.63, 3.8) is 0 Å². The van der Waals surface area contributed by atoms with Crippen molar-refractivity contribution >= 4 is 11.6 Å². The summed E-state index contributed by atoms with van der Waals surface area (Å²) in [5.74, 6) is 0.317. The molecule has 1 unspecified atom stereocenters. The third-order valence-electron chi connectivity index (χ3n) is 4.38. The smallest absolute Gasteiger partial charge is 0.0999 e. The first-order valence-corrected chi connectivity index (χ1v) is 7.71. The van der Waals surface area contributed by atoms with E-state index in [-0.39, 0.29) is 0 Å². The predicted molar refractivity (Wildman–Crippen MR) is 78.2 cm³/mol. The van der Waals surface area contributed by atoms with Gasteiger partial charge in [-0.2, -0.15) is 5.10 Å². The molecule has 2 rings (SSSR count). The molecule has 1 atom stereocenters. The monoisotopic (exact) mass is 284 g/mol. The summed E-state index contributed by atoms with van der Waals surface area (Å²) in [6.45, 7) is 7.54. The number of aromatic nitrogens is 2. The molecule has 1 aliphatic carbocycles. The standard InChI is InChI=1S/C15H25ClN2O/c1-4-9-18-13(12(16)10-17-18)14(19)11-5-7-15(2,3)8-6-11/h10-11,14,19H,4-9H2,1-3H3. The van der Waals surface area contributed by atoms with Gasteiger partial charge in [-0.1, -0.05) is 32.4 Å². The first kappa shape index (κ1) is 14.9. The van der Waals surface area contributed by atoms with E-state index in [1.165, 1.54) is 12.8 Å². The summed E-state index contributed by atoms with van der Waals surface area (Å²) < 4.78 is 1.87. The average Bonchev–Trinajstić information content (AvgIpc) is 2.70. The van der Waals surface area contributed by atoms with Gasteiger partial charge < -0.3 is 5.11 Å². The minimum absolute atomic E-state index is 0.317. The number of hydrogen-bond donors (Lipinski definition) is 1. The van der Waals surface area contributed by atoms with E-state index in [0.717, 1.165) is 31.5 Å². The zero-order valence-corrected chi connectivity index (χ0v) is 13.0. The van der Waals surface area contributed by atoms with Crippen molar-refractivity contribution in [1.29, 1.82) is 0 Å². The molecule has 0 aromatic carbocycles. The minimum Gasteiger partial charge on any atom is -0.386 e.